The summed E-state index contributed by atoms with van der Waals surface area (Å²) in [6.45, 7) is 3.18. The Hall–Kier alpha value is -2.54. The van der Waals surface area contributed by atoms with Crippen molar-refractivity contribution in [3.8, 4) is 0 Å². The number of rotatable bonds is 4. The number of pyridine rings is 1. The molecule has 1 saturated heterocycles. The minimum atomic E-state index is -0.261. The largest absolute Gasteiger partial charge is 0.328 e. The third kappa shape index (κ3) is 3.53. The molecule has 1 aliphatic heterocycles. The van der Waals surface area contributed by atoms with E-state index in [4.69, 9.17) is 0 Å². The molecule has 1 aliphatic rings. The zero-order valence-corrected chi connectivity index (χ0v) is 15.8. The van der Waals surface area contributed by atoms with E-state index in [1.54, 1.807) is 30.3 Å². The van der Waals surface area contributed by atoms with Crippen molar-refractivity contribution >= 4 is 5.91 Å². The van der Waals surface area contributed by atoms with Gasteiger partial charge in [-0.2, -0.15) is 0 Å². The molecule has 1 unspecified atom stereocenters. The molecule has 7 heteroatoms. The molecule has 0 aromatic carbocycles. The van der Waals surface area contributed by atoms with Gasteiger partial charge in [0, 0.05) is 32.0 Å². The molecular formula is C19H25N5O2. The van der Waals surface area contributed by atoms with Crippen molar-refractivity contribution in [2.75, 3.05) is 20.6 Å². The zero-order valence-electron chi connectivity index (χ0n) is 15.8. The molecule has 0 N–H and O–H groups in total. The first-order chi connectivity index (χ1) is 12.4. The molecule has 0 aliphatic carbocycles. The van der Waals surface area contributed by atoms with Crippen molar-refractivity contribution in [3.05, 3.63) is 57.5 Å². The Kier molecular flexibility index (Phi) is 5.18. The fourth-order valence-corrected chi connectivity index (χ4v) is 3.31. The van der Waals surface area contributed by atoms with Crippen molar-refractivity contribution in [3.63, 3.8) is 0 Å². The average Bonchev–Trinajstić information content (AvgIpc) is 3.09. The van der Waals surface area contributed by atoms with Crippen LogP contribution >= 0.6 is 0 Å². The smallest absolute Gasteiger partial charge is 0.263 e. The molecule has 2 aromatic heterocycles. The number of aryl methyl sites for hydroxylation is 1. The normalized spacial score (nSPS) is 17.1. The Balaban J connectivity index is 1.90. The number of amides is 1. The summed E-state index contributed by atoms with van der Waals surface area (Å²) in [6, 6.07) is 5.13. The first kappa shape index (κ1) is 18.3. The van der Waals surface area contributed by atoms with Gasteiger partial charge in [-0.15, -0.1) is 0 Å². The summed E-state index contributed by atoms with van der Waals surface area (Å²) in [5, 5.41) is 0. The van der Waals surface area contributed by atoms with Crippen LogP contribution in [0.4, 0.5) is 0 Å². The first-order valence-corrected chi connectivity index (χ1v) is 8.82. The lowest BCUT2D eigenvalue weighted by Crippen LogP contribution is -2.36. The van der Waals surface area contributed by atoms with Gasteiger partial charge >= 0.3 is 0 Å². The highest BCUT2D eigenvalue weighted by Gasteiger charge is 2.33. The molecule has 26 heavy (non-hydrogen) atoms. The van der Waals surface area contributed by atoms with Crippen molar-refractivity contribution in [1.82, 2.24) is 24.3 Å². The highest BCUT2D eigenvalue weighted by atomic mass is 16.2. The monoisotopic (exact) mass is 355 g/mol. The highest BCUT2D eigenvalue weighted by molar-refractivity contribution is 5.94. The van der Waals surface area contributed by atoms with Gasteiger partial charge in [0.15, 0.2) is 5.82 Å². The lowest BCUT2D eigenvalue weighted by Gasteiger charge is -2.24. The SMILES string of the molecule is Cc1ccc(C(=O)N2CCCC2c2nccc(CN(C)C)n2)c(=O)n1C. The van der Waals surface area contributed by atoms with E-state index in [0.717, 1.165) is 24.2 Å². The number of likely N-dealkylation sites (tertiary alicyclic amines) is 1. The average molecular weight is 355 g/mol. The van der Waals surface area contributed by atoms with Gasteiger partial charge in [0.1, 0.15) is 5.56 Å². The lowest BCUT2D eigenvalue weighted by molar-refractivity contribution is 0.0727. The van der Waals surface area contributed by atoms with E-state index in [0.29, 0.717) is 18.9 Å². The summed E-state index contributed by atoms with van der Waals surface area (Å²) in [4.78, 5) is 38.3. The van der Waals surface area contributed by atoms with E-state index in [9.17, 15) is 9.59 Å². The van der Waals surface area contributed by atoms with Crippen molar-refractivity contribution in [2.45, 2.75) is 32.4 Å². The summed E-state index contributed by atoms with van der Waals surface area (Å²) in [5.41, 5.74) is 1.69. The Morgan fingerprint density at radius 3 is 2.81 bits per heavy atom. The van der Waals surface area contributed by atoms with Gasteiger partial charge in [-0.05, 0) is 52.1 Å². The maximum absolute atomic E-state index is 13.0. The van der Waals surface area contributed by atoms with Crippen LogP contribution in [-0.2, 0) is 13.6 Å². The fraction of sp³-hybridized carbons (Fsp3) is 0.474. The molecule has 1 atom stereocenters. The number of aromatic nitrogens is 3. The van der Waals surface area contributed by atoms with Crippen LogP contribution in [-0.4, -0.2) is 50.9 Å². The van der Waals surface area contributed by atoms with Crippen LogP contribution in [0.2, 0.25) is 0 Å². The van der Waals surface area contributed by atoms with Gasteiger partial charge in [-0.3, -0.25) is 9.59 Å². The number of nitrogens with zero attached hydrogens (tertiary/aromatic N) is 5. The van der Waals surface area contributed by atoms with Crippen LogP contribution in [0.25, 0.3) is 0 Å². The highest BCUT2D eigenvalue weighted by Crippen LogP contribution is 2.30. The van der Waals surface area contributed by atoms with E-state index in [1.807, 2.05) is 32.0 Å². The van der Waals surface area contributed by atoms with Crippen LogP contribution < -0.4 is 5.56 Å². The molecule has 7 nitrogen and oxygen atoms in total. The second kappa shape index (κ2) is 7.37. The van der Waals surface area contributed by atoms with Crippen molar-refractivity contribution in [1.29, 1.82) is 0 Å². The van der Waals surface area contributed by atoms with E-state index in [1.165, 1.54) is 4.57 Å². The minimum absolute atomic E-state index is 0.185. The molecule has 0 radical (unpaired) electrons. The quantitative estimate of drug-likeness (QED) is 0.832. The molecule has 1 fully saturated rings. The van der Waals surface area contributed by atoms with Crippen LogP contribution in [0.1, 0.15) is 46.5 Å². The van der Waals surface area contributed by atoms with E-state index >= 15 is 0 Å². The Morgan fingerprint density at radius 2 is 2.08 bits per heavy atom. The number of hydrogen-bond acceptors (Lipinski definition) is 5. The Morgan fingerprint density at radius 1 is 1.31 bits per heavy atom. The van der Waals surface area contributed by atoms with E-state index < -0.39 is 0 Å². The summed E-state index contributed by atoms with van der Waals surface area (Å²) < 4.78 is 1.51. The third-order valence-corrected chi connectivity index (χ3v) is 4.81. The number of carbonyl (C=O) groups excluding carboxylic acids is 1. The summed E-state index contributed by atoms with van der Waals surface area (Å²) in [5.74, 6) is 0.411. The van der Waals surface area contributed by atoms with Gasteiger partial charge in [-0.25, -0.2) is 9.97 Å². The van der Waals surface area contributed by atoms with Crippen LogP contribution in [0.15, 0.2) is 29.2 Å². The second-order valence-electron chi connectivity index (χ2n) is 7.05. The number of hydrogen-bond donors (Lipinski definition) is 0. The zero-order chi connectivity index (χ0) is 18.8. The van der Waals surface area contributed by atoms with Gasteiger partial charge in [0.05, 0.1) is 11.7 Å². The maximum Gasteiger partial charge on any atom is 0.263 e. The van der Waals surface area contributed by atoms with Gasteiger partial charge in [0.25, 0.3) is 11.5 Å². The van der Waals surface area contributed by atoms with Crippen molar-refractivity contribution < 1.29 is 4.79 Å². The molecule has 0 spiro atoms. The van der Waals surface area contributed by atoms with Crippen molar-refractivity contribution in [2.24, 2.45) is 7.05 Å². The molecule has 0 bridgehead atoms. The number of carbonyl (C=O) groups is 1. The molecule has 138 valence electrons. The minimum Gasteiger partial charge on any atom is -0.328 e. The fourth-order valence-electron chi connectivity index (χ4n) is 3.31. The van der Waals surface area contributed by atoms with Gasteiger partial charge in [0.2, 0.25) is 0 Å². The Labute approximate surface area is 153 Å². The molecule has 2 aromatic rings. The topological polar surface area (TPSA) is 71.3 Å². The molecule has 1 amide bonds. The molecular weight excluding hydrogens is 330 g/mol. The predicted molar refractivity (Wildman–Crippen MR) is 98.9 cm³/mol. The van der Waals surface area contributed by atoms with E-state index in [2.05, 4.69) is 9.97 Å². The molecule has 3 rings (SSSR count). The summed E-state index contributed by atoms with van der Waals surface area (Å²) >= 11 is 0. The molecule has 3 heterocycles. The van der Waals surface area contributed by atoms with Crippen LogP contribution in [0.3, 0.4) is 0 Å². The predicted octanol–water partition coefficient (Wildman–Crippen LogP) is 1.52. The Bertz CT molecular complexity index is 874. The second-order valence-corrected chi connectivity index (χ2v) is 7.05. The van der Waals surface area contributed by atoms with Crippen LogP contribution in [0.5, 0.6) is 0 Å². The molecule has 0 saturated carbocycles. The maximum atomic E-state index is 13.0. The summed E-state index contributed by atoms with van der Waals surface area (Å²) in [6.07, 6.45) is 3.43. The summed E-state index contributed by atoms with van der Waals surface area (Å²) in [7, 11) is 5.66. The van der Waals surface area contributed by atoms with Gasteiger partial charge < -0.3 is 14.4 Å². The van der Waals surface area contributed by atoms with E-state index in [-0.39, 0.29) is 23.1 Å². The van der Waals surface area contributed by atoms with Gasteiger partial charge in [-0.1, -0.05) is 0 Å². The standard InChI is InChI=1S/C19H25N5O2/c1-13-7-8-15(18(25)23(13)4)19(26)24-11-5-6-16(24)17-20-10-9-14(21-17)12-22(2)3/h7-10,16H,5-6,11-12H2,1-4H3. The first-order valence-electron chi connectivity index (χ1n) is 8.82. The lowest BCUT2D eigenvalue weighted by atomic mass is 10.1. The third-order valence-electron chi connectivity index (χ3n) is 4.81. The van der Waals surface area contributed by atoms with Crippen LogP contribution in [0, 0.1) is 6.92 Å².